The average Bonchev–Trinajstić information content (AvgIpc) is 3.15. The van der Waals surface area contributed by atoms with Crippen LogP contribution in [0.25, 0.3) is 21.5 Å². The van der Waals surface area contributed by atoms with Gasteiger partial charge in [-0.25, -0.2) is 4.98 Å². The number of hydrogen-bond acceptors (Lipinski definition) is 3. The summed E-state index contributed by atoms with van der Waals surface area (Å²) in [7, 11) is 0. The summed E-state index contributed by atoms with van der Waals surface area (Å²) in [5.74, 6) is -0.0112. The summed E-state index contributed by atoms with van der Waals surface area (Å²) in [5, 5.41) is 5.99. The zero-order valence-electron chi connectivity index (χ0n) is 13.9. The van der Waals surface area contributed by atoms with Crippen LogP contribution in [-0.4, -0.2) is 17.4 Å². The molecule has 124 valence electrons. The first-order valence-electron chi connectivity index (χ1n) is 8.51. The van der Waals surface area contributed by atoms with Crippen LogP contribution < -0.4 is 5.32 Å². The minimum atomic E-state index is -0.0112. The molecule has 3 nitrogen and oxygen atoms in total. The van der Waals surface area contributed by atoms with Gasteiger partial charge < -0.3 is 5.32 Å². The molecule has 2 aromatic heterocycles. The quantitative estimate of drug-likeness (QED) is 0.596. The molecule has 3 aromatic rings. The molecular formula is C20H22N2OS. The van der Waals surface area contributed by atoms with Crippen molar-refractivity contribution in [3.63, 3.8) is 0 Å². The summed E-state index contributed by atoms with van der Waals surface area (Å²) in [5.41, 5.74) is 2.43. The van der Waals surface area contributed by atoms with E-state index >= 15 is 0 Å². The van der Waals surface area contributed by atoms with E-state index in [0.717, 1.165) is 40.9 Å². The van der Waals surface area contributed by atoms with Gasteiger partial charge in [0, 0.05) is 11.9 Å². The predicted octanol–water partition coefficient (Wildman–Crippen LogP) is 5.27. The molecular weight excluding hydrogens is 316 g/mol. The molecule has 0 saturated carbocycles. The van der Waals surface area contributed by atoms with Gasteiger partial charge in [-0.3, -0.25) is 4.79 Å². The van der Waals surface area contributed by atoms with Crippen molar-refractivity contribution in [3.05, 3.63) is 53.4 Å². The molecule has 0 saturated heterocycles. The molecule has 1 aromatic carbocycles. The maximum Gasteiger partial charge on any atom is 0.252 e. The number of rotatable bonds is 7. The van der Waals surface area contributed by atoms with Gasteiger partial charge in [-0.05, 0) is 30.0 Å². The molecule has 3 rings (SSSR count). The molecule has 0 aliphatic heterocycles. The lowest BCUT2D eigenvalue weighted by molar-refractivity contribution is 0.0954. The first kappa shape index (κ1) is 16.7. The van der Waals surface area contributed by atoms with Crippen LogP contribution in [0.2, 0.25) is 0 Å². The molecule has 0 aliphatic carbocycles. The van der Waals surface area contributed by atoms with E-state index in [2.05, 4.69) is 12.2 Å². The Hall–Kier alpha value is -2.20. The Morgan fingerprint density at radius 1 is 1.12 bits per heavy atom. The number of hydrogen-bond donors (Lipinski definition) is 1. The Morgan fingerprint density at radius 3 is 2.79 bits per heavy atom. The lowest BCUT2D eigenvalue weighted by Crippen LogP contribution is -2.24. The van der Waals surface area contributed by atoms with Gasteiger partial charge in [-0.15, -0.1) is 11.3 Å². The highest BCUT2D eigenvalue weighted by molar-refractivity contribution is 7.13. The van der Waals surface area contributed by atoms with E-state index in [-0.39, 0.29) is 5.91 Å². The second-order valence-corrected chi connectivity index (χ2v) is 6.81. The summed E-state index contributed by atoms with van der Waals surface area (Å²) >= 11 is 1.64. The maximum atomic E-state index is 12.7. The van der Waals surface area contributed by atoms with Gasteiger partial charge in [0.25, 0.3) is 5.91 Å². The van der Waals surface area contributed by atoms with Crippen LogP contribution in [0.4, 0.5) is 0 Å². The lowest BCUT2D eigenvalue weighted by Gasteiger charge is -2.10. The highest BCUT2D eigenvalue weighted by Gasteiger charge is 2.13. The van der Waals surface area contributed by atoms with Gasteiger partial charge in [-0.1, -0.05) is 50.5 Å². The summed E-state index contributed by atoms with van der Waals surface area (Å²) in [6.45, 7) is 2.91. The summed E-state index contributed by atoms with van der Waals surface area (Å²) in [6, 6.07) is 13.8. The molecule has 24 heavy (non-hydrogen) atoms. The summed E-state index contributed by atoms with van der Waals surface area (Å²) in [6.07, 6.45) is 4.61. The number of aromatic nitrogens is 1. The maximum absolute atomic E-state index is 12.7. The number of thiophene rings is 1. The molecule has 0 fully saturated rings. The van der Waals surface area contributed by atoms with Gasteiger partial charge in [0.05, 0.1) is 21.7 Å². The van der Waals surface area contributed by atoms with Crippen LogP contribution in [0.15, 0.2) is 47.8 Å². The van der Waals surface area contributed by atoms with Crippen molar-refractivity contribution < 1.29 is 4.79 Å². The first-order chi connectivity index (χ1) is 11.8. The molecule has 0 bridgehead atoms. The van der Waals surface area contributed by atoms with Crippen molar-refractivity contribution in [2.45, 2.75) is 32.6 Å². The molecule has 4 heteroatoms. The van der Waals surface area contributed by atoms with Crippen molar-refractivity contribution in [1.29, 1.82) is 0 Å². The second kappa shape index (κ2) is 8.06. The number of fused-ring (bicyclic) bond motifs is 1. The van der Waals surface area contributed by atoms with Crippen LogP contribution in [0, 0.1) is 0 Å². The normalized spacial score (nSPS) is 10.9. The number of carbonyl (C=O) groups is 1. The van der Waals surface area contributed by atoms with Crippen molar-refractivity contribution in [2.75, 3.05) is 6.54 Å². The van der Waals surface area contributed by atoms with Crippen molar-refractivity contribution >= 4 is 28.1 Å². The van der Waals surface area contributed by atoms with Crippen molar-refractivity contribution in [1.82, 2.24) is 10.3 Å². The number of benzene rings is 1. The Bertz CT molecular complexity index is 812. The van der Waals surface area contributed by atoms with Crippen molar-refractivity contribution in [2.24, 2.45) is 0 Å². The van der Waals surface area contributed by atoms with Gasteiger partial charge in [0.15, 0.2) is 0 Å². The highest BCUT2D eigenvalue weighted by atomic mass is 32.1. The third kappa shape index (κ3) is 3.82. The van der Waals surface area contributed by atoms with Crippen molar-refractivity contribution in [3.8, 4) is 10.6 Å². The molecule has 0 spiro atoms. The lowest BCUT2D eigenvalue weighted by atomic mass is 10.1. The first-order valence-corrected chi connectivity index (χ1v) is 9.39. The van der Waals surface area contributed by atoms with E-state index in [1.807, 2.05) is 47.8 Å². The third-order valence-corrected chi connectivity index (χ3v) is 4.94. The highest BCUT2D eigenvalue weighted by Crippen LogP contribution is 2.27. The molecule has 1 amide bonds. The van der Waals surface area contributed by atoms with E-state index in [1.165, 1.54) is 12.8 Å². The van der Waals surface area contributed by atoms with Crippen LogP contribution >= 0.6 is 11.3 Å². The average molecular weight is 338 g/mol. The molecule has 1 N–H and O–H groups in total. The Balaban J connectivity index is 1.86. The number of unbranched alkanes of at least 4 members (excludes halogenated alkanes) is 3. The number of carbonyl (C=O) groups excluding carboxylic acids is 1. The Morgan fingerprint density at radius 2 is 2.00 bits per heavy atom. The SMILES string of the molecule is CCCCCCNC(=O)c1cc(-c2cccs2)nc2ccccc12. The number of para-hydroxylation sites is 1. The summed E-state index contributed by atoms with van der Waals surface area (Å²) < 4.78 is 0. The minimum Gasteiger partial charge on any atom is -0.352 e. The fourth-order valence-electron chi connectivity index (χ4n) is 2.76. The van der Waals surface area contributed by atoms with Gasteiger partial charge >= 0.3 is 0 Å². The smallest absolute Gasteiger partial charge is 0.252 e. The number of nitrogens with one attached hydrogen (secondary N) is 1. The zero-order chi connectivity index (χ0) is 16.8. The van der Waals surface area contributed by atoms with E-state index in [9.17, 15) is 4.79 Å². The van der Waals surface area contributed by atoms with Crippen LogP contribution in [0.1, 0.15) is 43.0 Å². The zero-order valence-corrected chi connectivity index (χ0v) is 14.7. The largest absolute Gasteiger partial charge is 0.352 e. The number of nitrogens with zero attached hydrogens (tertiary/aromatic N) is 1. The van der Waals surface area contributed by atoms with Gasteiger partial charge in [-0.2, -0.15) is 0 Å². The van der Waals surface area contributed by atoms with Crippen LogP contribution in [0.3, 0.4) is 0 Å². The third-order valence-electron chi connectivity index (χ3n) is 4.05. The van der Waals surface area contributed by atoms with Crippen LogP contribution in [-0.2, 0) is 0 Å². The topological polar surface area (TPSA) is 42.0 Å². The van der Waals surface area contributed by atoms with Gasteiger partial charge in [0.2, 0.25) is 0 Å². The van der Waals surface area contributed by atoms with Crippen LogP contribution in [0.5, 0.6) is 0 Å². The van der Waals surface area contributed by atoms with E-state index < -0.39 is 0 Å². The van der Waals surface area contributed by atoms with Gasteiger partial charge in [0.1, 0.15) is 0 Å². The Labute approximate surface area is 146 Å². The predicted molar refractivity (Wildman–Crippen MR) is 102 cm³/mol. The van der Waals surface area contributed by atoms with E-state index in [0.29, 0.717) is 5.56 Å². The number of pyridine rings is 1. The molecule has 0 radical (unpaired) electrons. The summed E-state index contributed by atoms with van der Waals surface area (Å²) in [4.78, 5) is 18.5. The molecule has 0 aliphatic rings. The van der Waals surface area contributed by atoms with E-state index in [4.69, 9.17) is 4.98 Å². The fourth-order valence-corrected chi connectivity index (χ4v) is 3.45. The monoisotopic (exact) mass is 338 g/mol. The number of amides is 1. The fraction of sp³-hybridized carbons (Fsp3) is 0.300. The molecule has 0 atom stereocenters. The molecule has 2 heterocycles. The Kier molecular flexibility index (Phi) is 5.59. The van der Waals surface area contributed by atoms with E-state index in [1.54, 1.807) is 11.3 Å². The second-order valence-electron chi connectivity index (χ2n) is 5.87. The standard InChI is InChI=1S/C20H22N2OS/c1-2-3-4-7-12-21-20(23)16-14-18(19-11-8-13-24-19)22-17-10-6-5-9-15(16)17/h5-6,8-11,13-14H,2-4,7,12H2,1H3,(H,21,23). The minimum absolute atomic E-state index is 0.0112. The molecule has 0 unspecified atom stereocenters.